The van der Waals surface area contributed by atoms with Crippen molar-refractivity contribution in [1.29, 1.82) is 0 Å². The number of carbonyl (C=O) groups excluding carboxylic acids is 1. The van der Waals surface area contributed by atoms with Crippen LogP contribution >= 0.6 is 11.6 Å². The Balaban J connectivity index is 1.90. The van der Waals surface area contributed by atoms with Crippen LogP contribution in [0.15, 0.2) is 42.5 Å². The quantitative estimate of drug-likeness (QED) is 0.715. The van der Waals surface area contributed by atoms with E-state index in [1.807, 2.05) is 6.07 Å². The Morgan fingerprint density at radius 1 is 1.23 bits per heavy atom. The van der Waals surface area contributed by atoms with E-state index >= 15 is 0 Å². The molecule has 1 N–H and O–H groups in total. The molecule has 0 aromatic heterocycles. The normalized spacial score (nSPS) is 11.9. The van der Waals surface area contributed by atoms with Crippen molar-refractivity contribution in [3.8, 4) is 11.5 Å². The van der Waals surface area contributed by atoms with E-state index in [9.17, 15) is 13.6 Å². The van der Waals surface area contributed by atoms with Crippen molar-refractivity contribution in [2.75, 3.05) is 7.11 Å². The minimum Gasteiger partial charge on any atom is -0.495 e. The van der Waals surface area contributed by atoms with Crippen LogP contribution in [-0.4, -0.2) is 19.6 Å². The fraction of sp³-hybridized carbons (Fsp3) is 0.316. The molecule has 0 aliphatic heterocycles. The third kappa shape index (κ3) is 5.88. The molecule has 0 spiro atoms. The summed E-state index contributed by atoms with van der Waals surface area (Å²) in [5.41, 5.74) is 1.61. The maximum atomic E-state index is 12.3. The fourth-order valence-corrected chi connectivity index (χ4v) is 2.76. The molecular formula is C19H20ClF2NO3. The third-order valence-electron chi connectivity index (χ3n) is 3.82. The Hall–Kier alpha value is -2.34. The molecular weight excluding hydrogens is 364 g/mol. The number of ether oxygens (including phenoxy) is 2. The lowest BCUT2D eigenvalue weighted by atomic mass is 10.1. The molecule has 0 aliphatic rings. The number of alkyl halides is 2. The van der Waals surface area contributed by atoms with Crippen molar-refractivity contribution in [1.82, 2.24) is 5.32 Å². The second-order valence-electron chi connectivity index (χ2n) is 5.71. The van der Waals surface area contributed by atoms with Crippen LogP contribution in [0.3, 0.4) is 0 Å². The number of aryl methyl sites for hydroxylation is 1. The van der Waals surface area contributed by atoms with Crippen molar-refractivity contribution in [3.63, 3.8) is 0 Å². The van der Waals surface area contributed by atoms with Gasteiger partial charge in [-0.25, -0.2) is 0 Å². The average molecular weight is 384 g/mol. The SMILES string of the molecule is COc1ccc(CCC(=O)NC(C)c2cccc(OC(F)F)c2)cc1Cl. The van der Waals surface area contributed by atoms with Crippen molar-refractivity contribution in [3.05, 3.63) is 58.6 Å². The highest BCUT2D eigenvalue weighted by molar-refractivity contribution is 6.32. The number of halogens is 3. The maximum absolute atomic E-state index is 12.3. The zero-order valence-corrected chi connectivity index (χ0v) is 15.2. The van der Waals surface area contributed by atoms with E-state index in [0.29, 0.717) is 22.8 Å². The smallest absolute Gasteiger partial charge is 0.387 e. The summed E-state index contributed by atoms with van der Waals surface area (Å²) >= 11 is 6.07. The molecule has 2 rings (SSSR count). The number of rotatable bonds is 8. The second-order valence-corrected chi connectivity index (χ2v) is 6.12. The molecule has 1 atom stereocenters. The van der Waals surface area contributed by atoms with Crippen LogP contribution in [-0.2, 0) is 11.2 Å². The summed E-state index contributed by atoms with van der Waals surface area (Å²) in [6.07, 6.45) is 0.803. The van der Waals surface area contributed by atoms with Crippen LogP contribution in [0.4, 0.5) is 8.78 Å². The summed E-state index contributed by atoms with van der Waals surface area (Å²) in [5.74, 6) is 0.496. The zero-order valence-electron chi connectivity index (χ0n) is 14.5. The first-order valence-electron chi connectivity index (χ1n) is 8.05. The van der Waals surface area contributed by atoms with Crippen LogP contribution < -0.4 is 14.8 Å². The van der Waals surface area contributed by atoms with Gasteiger partial charge in [0.2, 0.25) is 5.91 Å². The number of hydrogen-bond donors (Lipinski definition) is 1. The van der Waals surface area contributed by atoms with Crippen LogP contribution in [0.5, 0.6) is 11.5 Å². The molecule has 1 unspecified atom stereocenters. The lowest BCUT2D eigenvalue weighted by Gasteiger charge is -2.15. The Labute approximate surface area is 156 Å². The molecule has 4 nitrogen and oxygen atoms in total. The van der Waals surface area contributed by atoms with E-state index in [1.165, 1.54) is 19.2 Å². The van der Waals surface area contributed by atoms with Crippen LogP contribution in [0.2, 0.25) is 5.02 Å². The highest BCUT2D eigenvalue weighted by atomic mass is 35.5. The van der Waals surface area contributed by atoms with E-state index in [1.54, 1.807) is 31.2 Å². The molecule has 2 aromatic rings. The average Bonchev–Trinajstić information content (AvgIpc) is 2.59. The summed E-state index contributed by atoms with van der Waals surface area (Å²) in [6.45, 7) is -1.10. The number of nitrogens with one attached hydrogen (secondary N) is 1. The molecule has 2 aromatic carbocycles. The summed E-state index contributed by atoms with van der Waals surface area (Å²) in [5, 5.41) is 3.34. The topological polar surface area (TPSA) is 47.6 Å². The van der Waals surface area contributed by atoms with Crippen molar-refractivity contribution in [2.24, 2.45) is 0 Å². The van der Waals surface area contributed by atoms with Gasteiger partial charge in [-0.3, -0.25) is 4.79 Å². The van der Waals surface area contributed by atoms with Gasteiger partial charge in [0.15, 0.2) is 0 Å². The molecule has 0 aliphatic carbocycles. The fourth-order valence-electron chi connectivity index (χ4n) is 2.48. The molecule has 0 saturated heterocycles. The zero-order chi connectivity index (χ0) is 19.1. The van der Waals surface area contributed by atoms with Crippen LogP contribution in [0, 0.1) is 0 Å². The van der Waals surface area contributed by atoms with Crippen LogP contribution in [0.25, 0.3) is 0 Å². The van der Waals surface area contributed by atoms with Gasteiger partial charge in [-0.15, -0.1) is 0 Å². The van der Waals surface area contributed by atoms with Gasteiger partial charge in [0.25, 0.3) is 0 Å². The van der Waals surface area contributed by atoms with Crippen molar-refractivity contribution >= 4 is 17.5 Å². The van der Waals surface area contributed by atoms with Gasteiger partial charge in [-0.05, 0) is 48.7 Å². The molecule has 0 bridgehead atoms. The molecule has 0 fully saturated rings. The van der Waals surface area contributed by atoms with Gasteiger partial charge in [0, 0.05) is 6.42 Å². The lowest BCUT2D eigenvalue weighted by molar-refractivity contribution is -0.121. The Morgan fingerprint density at radius 3 is 2.65 bits per heavy atom. The highest BCUT2D eigenvalue weighted by Crippen LogP contribution is 2.25. The summed E-state index contributed by atoms with van der Waals surface area (Å²) < 4.78 is 34.1. The highest BCUT2D eigenvalue weighted by Gasteiger charge is 2.12. The minimum absolute atomic E-state index is 0.0615. The Kier molecular flexibility index (Phi) is 7.21. The van der Waals surface area contributed by atoms with Gasteiger partial charge in [-0.2, -0.15) is 8.78 Å². The molecule has 7 heteroatoms. The van der Waals surface area contributed by atoms with Gasteiger partial charge >= 0.3 is 6.61 Å². The van der Waals surface area contributed by atoms with E-state index in [4.69, 9.17) is 16.3 Å². The number of methoxy groups -OCH3 is 1. The first kappa shape index (κ1) is 20.0. The Morgan fingerprint density at radius 2 is 2.00 bits per heavy atom. The number of benzene rings is 2. The monoisotopic (exact) mass is 383 g/mol. The third-order valence-corrected chi connectivity index (χ3v) is 4.11. The van der Waals surface area contributed by atoms with Gasteiger partial charge in [0.1, 0.15) is 11.5 Å². The van der Waals surface area contributed by atoms with Gasteiger partial charge < -0.3 is 14.8 Å². The summed E-state index contributed by atoms with van der Waals surface area (Å²) in [6, 6.07) is 11.3. The lowest BCUT2D eigenvalue weighted by Crippen LogP contribution is -2.26. The first-order chi connectivity index (χ1) is 12.4. The van der Waals surface area contributed by atoms with E-state index < -0.39 is 6.61 Å². The van der Waals surface area contributed by atoms with Gasteiger partial charge in [-0.1, -0.05) is 29.8 Å². The van der Waals surface area contributed by atoms with E-state index in [0.717, 1.165) is 5.56 Å². The van der Waals surface area contributed by atoms with Crippen LogP contribution in [0.1, 0.15) is 30.5 Å². The number of carbonyl (C=O) groups is 1. The molecule has 140 valence electrons. The first-order valence-corrected chi connectivity index (χ1v) is 8.43. The minimum atomic E-state index is -2.88. The number of amides is 1. The van der Waals surface area contributed by atoms with E-state index in [-0.39, 0.29) is 24.1 Å². The largest absolute Gasteiger partial charge is 0.495 e. The van der Waals surface area contributed by atoms with Crippen molar-refractivity contribution in [2.45, 2.75) is 32.4 Å². The molecule has 0 saturated carbocycles. The Bertz CT molecular complexity index is 755. The predicted molar refractivity (Wildman–Crippen MR) is 96.0 cm³/mol. The molecule has 26 heavy (non-hydrogen) atoms. The van der Waals surface area contributed by atoms with Crippen molar-refractivity contribution < 1.29 is 23.0 Å². The molecule has 0 heterocycles. The van der Waals surface area contributed by atoms with Gasteiger partial charge in [0.05, 0.1) is 18.2 Å². The summed E-state index contributed by atoms with van der Waals surface area (Å²) in [7, 11) is 1.54. The molecule has 0 radical (unpaired) electrons. The maximum Gasteiger partial charge on any atom is 0.387 e. The summed E-state index contributed by atoms with van der Waals surface area (Å²) in [4.78, 5) is 12.2. The second kappa shape index (κ2) is 9.38. The van der Waals surface area contributed by atoms with E-state index in [2.05, 4.69) is 10.1 Å². The molecule has 1 amide bonds. The standard InChI is InChI=1S/C19H20ClF2NO3/c1-12(14-4-3-5-15(11-14)26-19(21)22)23-18(24)9-7-13-6-8-17(25-2)16(20)10-13/h3-6,8,10-12,19H,7,9H2,1-2H3,(H,23,24). The number of hydrogen-bond acceptors (Lipinski definition) is 3. The predicted octanol–water partition coefficient (Wildman–Crippen LogP) is 4.76.